The predicted molar refractivity (Wildman–Crippen MR) is 47.9 cm³/mol. The summed E-state index contributed by atoms with van der Waals surface area (Å²) in [6.45, 7) is 3.10. The van der Waals surface area contributed by atoms with Crippen molar-refractivity contribution in [2.75, 3.05) is 5.73 Å². The van der Waals surface area contributed by atoms with Crippen molar-refractivity contribution in [3.05, 3.63) is 11.3 Å². The van der Waals surface area contributed by atoms with Crippen molar-refractivity contribution in [1.29, 1.82) is 0 Å². The van der Waals surface area contributed by atoms with Crippen LogP contribution in [-0.4, -0.2) is 16.1 Å². The first-order valence-electron chi connectivity index (χ1n) is 4.77. The Hall–Kier alpha value is -1.03. The van der Waals surface area contributed by atoms with E-state index in [2.05, 4.69) is 17.0 Å². The van der Waals surface area contributed by atoms with E-state index in [9.17, 15) is 0 Å². The molecule has 2 N–H and O–H groups in total. The Kier molecular flexibility index (Phi) is 1.28. The molecule has 0 bridgehead atoms. The number of anilines is 1. The third kappa shape index (κ3) is 0.920. The molecule has 1 atom stereocenters. The molecule has 1 aromatic heterocycles. The van der Waals surface area contributed by atoms with Crippen LogP contribution in [0.4, 0.5) is 5.88 Å². The molecule has 3 rings (SSSR count). The standard InChI is InChI=1S/C9H13N3O/c1-5-8-7(11-13-9(8)10)4-12(5)6-2-3-6/h5-6H,2-4,10H2,1H3. The summed E-state index contributed by atoms with van der Waals surface area (Å²) in [5.74, 6) is 0.505. The van der Waals surface area contributed by atoms with E-state index in [1.165, 1.54) is 12.8 Å². The summed E-state index contributed by atoms with van der Waals surface area (Å²) in [7, 11) is 0. The van der Waals surface area contributed by atoms with Gasteiger partial charge in [0.2, 0.25) is 5.88 Å². The second kappa shape index (κ2) is 2.26. The van der Waals surface area contributed by atoms with Crippen LogP contribution in [0.5, 0.6) is 0 Å². The maximum absolute atomic E-state index is 5.71. The van der Waals surface area contributed by atoms with Crippen molar-refractivity contribution >= 4 is 5.88 Å². The Morgan fingerprint density at radius 3 is 2.92 bits per heavy atom. The van der Waals surface area contributed by atoms with E-state index in [0.717, 1.165) is 23.8 Å². The zero-order chi connectivity index (χ0) is 9.00. The van der Waals surface area contributed by atoms with E-state index in [1.807, 2.05) is 0 Å². The summed E-state index contributed by atoms with van der Waals surface area (Å²) in [5.41, 5.74) is 7.87. The second-order valence-corrected chi connectivity index (χ2v) is 3.99. The molecular weight excluding hydrogens is 166 g/mol. The van der Waals surface area contributed by atoms with Crippen LogP contribution >= 0.6 is 0 Å². The average molecular weight is 179 g/mol. The van der Waals surface area contributed by atoms with Gasteiger partial charge in [0, 0.05) is 18.6 Å². The van der Waals surface area contributed by atoms with Gasteiger partial charge in [0.15, 0.2) is 0 Å². The van der Waals surface area contributed by atoms with Gasteiger partial charge in [-0.15, -0.1) is 0 Å². The van der Waals surface area contributed by atoms with Crippen LogP contribution in [-0.2, 0) is 6.54 Å². The summed E-state index contributed by atoms with van der Waals surface area (Å²) in [5, 5.41) is 3.97. The zero-order valence-electron chi connectivity index (χ0n) is 7.66. The first-order chi connectivity index (χ1) is 6.27. The molecule has 1 saturated carbocycles. The molecule has 4 heteroatoms. The van der Waals surface area contributed by atoms with Crippen LogP contribution in [0.3, 0.4) is 0 Å². The third-order valence-electron chi connectivity index (χ3n) is 3.09. The average Bonchev–Trinajstić information content (AvgIpc) is 2.80. The SMILES string of the molecule is CC1c2c(noc2N)CN1C1CC1. The van der Waals surface area contributed by atoms with Gasteiger partial charge in [0.05, 0.1) is 5.56 Å². The maximum Gasteiger partial charge on any atom is 0.227 e. The number of aromatic nitrogens is 1. The third-order valence-corrected chi connectivity index (χ3v) is 3.09. The lowest BCUT2D eigenvalue weighted by Crippen LogP contribution is -2.22. The van der Waals surface area contributed by atoms with E-state index in [4.69, 9.17) is 10.3 Å². The van der Waals surface area contributed by atoms with E-state index in [0.29, 0.717) is 11.9 Å². The molecule has 4 nitrogen and oxygen atoms in total. The Bertz CT molecular complexity index is 343. The van der Waals surface area contributed by atoms with Gasteiger partial charge in [-0.25, -0.2) is 0 Å². The lowest BCUT2D eigenvalue weighted by molar-refractivity contribution is 0.210. The highest BCUT2D eigenvalue weighted by molar-refractivity contribution is 5.44. The summed E-state index contributed by atoms with van der Waals surface area (Å²) < 4.78 is 4.96. The van der Waals surface area contributed by atoms with Gasteiger partial charge in [-0.1, -0.05) is 5.16 Å². The molecule has 1 aliphatic heterocycles. The van der Waals surface area contributed by atoms with Crippen molar-refractivity contribution in [3.63, 3.8) is 0 Å². The first-order valence-corrected chi connectivity index (χ1v) is 4.77. The fourth-order valence-electron chi connectivity index (χ4n) is 2.23. The van der Waals surface area contributed by atoms with Crippen LogP contribution in [0.1, 0.15) is 37.1 Å². The van der Waals surface area contributed by atoms with Crippen molar-refractivity contribution < 1.29 is 4.52 Å². The molecule has 1 aliphatic carbocycles. The van der Waals surface area contributed by atoms with Crippen LogP contribution in [0.2, 0.25) is 0 Å². The molecule has 2 aliphatic rings. The number of nitrogen functional groups attached to an aromatic ring is 1. The van der Waals surface area contributed by atoms with Crippen molar-refractivity contribution in [3.8, 4) is 0 Å². The van der Waals surface area contributed by atoms with E-state index < -0.39 is 0 Å². The summed E-state index contributed by atoms with van der Waals surface area (Å²) in [6, 6.07) is 1.16. The van der Waals surface area contributed by atoms with Gasteiger partial charge >= 0.3 is 0 Å². The Morgan fingerprint density at radius 2 is 2.31 bits per heavy atom. The summed E-state index contributed by atoms with van der Waals surface area (Å²) in [4.78, 5) is 2.46. The minimum absolute atomic E-state index is 0.397. The Labute approximate surface area is 76.7 Å². The van der Waals surface area contributed by atoms with Crippen LogP contribution in [0.25, 0.3) is 0 Å². The first kappa shape index (κ1) is 7.38. The molecule has 0 spiro atoms. The summed E-state index contributed by atoms with van der Waals surface area (Å²) in [6.07, 6.45) is 2.65. The molecule has 0 aromatic carbocycles. The molecule has 1 unspecified atom stereocenters. The van der Waals surface area contributed by atoms with Gasteiger partial charge in [0.25, 0.3) is 0 Å². The van der Waals surface area contributed by atoms with E-state index in [1.54, 1.807) is 0 Å². The lowest BCUT2D eigenvalue weighted by atomic mass is 10.1. The van der Waals surface area contributed by atoms with Crippen LogP contribution in [0, 0.1) is 0 Å². The quantitative estimate of drug-likeness (QED) is 0.706. The van der Waals surface area contributed by atoms with Crippen molar-refractivity contribution in [2.45, 2.75) is 38.4 Å². The number of rotatable bonds is 1. The Morgan fingerprint density at radius 1 is 1.54 bits per heavy atom. The monoisotopic (exact) mass is 179 g/mol. The second-order valence-electron chi connectivity index (χ2n) is 3.99. The molecule has 70 valence electrons. The number of hydrogen-bond acceptors (Lipinski definition) is 4. The molecule has 1 aromatic rings. The number of nitrogens with two attached hydrogens (primary N) is 1. The van der Waals surface area contributed by atoms with E-state index in [-0.39, 0.29) is 0 Å². The fraction of sp³-hybridized carbons (Fsp3) is 0.667. The van der Waals surface area contributed by atoms with Gasteiger partial charge in [-0.05, 0) is 19.8 Å². The van der Waals surface area contributed by atoms with E-state index >= 15 is 0 Å². The fourth-order valence-corrected chi connectivity index (χ4v) is 2.23. The molecule has 1 fully saturated rings. The highest BCUT2D eigenvalue weighted by Gasteiger charge is 2.40. The van der Waals surface area contributed by atoms with Gasteiger partial charge in [0.1, 0.15) is 5.69 Å². The van der Waals surface area contributed by atoms with Crippen molar-refractivity contribution in [2.24, 2.45) is 0 Å². The van der Waals surface area contributed by atoms with Crippen LogP contribution < -0.4 is 5.73 Å². The number of fused-ring (bicyclic) bond motifs is 1. The van der Waals surface area contributed by atoms with Gasteiger partial charge in [-0.2, -0.15) is 0 Å². The smallest absolute Gasteiger partial charge is 0.227 e. The molecular formula is C9H13N3O. The minimum Gasteiger partial charge on any atom is -0.367 e. The maximum atomic E-state index is 5.71. The molecule has 0 saturated heterocycles. The van der Waals surface area contributed by atoms with Gasteiger partial charge in [-0.3, -0.25) is 4.90 Å². The van der Waals surface area contributed by atoms with Gasteiger partial charge < -0.3 is 10.3 Å². The largest absolute Gasteiger partial charge is 0.367 e. The van der Waals surface area contributed by atoms with Crippen molar-refractivity contribution in [1.82, 2.24) is 10.1 Å². The summed E-state index contributed by atoms with van der Waals surface area (Å²) >= 11 is 0. The minimum atomic E-state index is 0.397. The lowest BCUT2D eigenvalue weighted by Gasteiger charge is -2.20. The topological polar surface area (TPSA) is 55.3 Å². The highest BCUT2D eigenvalue weighted by Crippen LogP contribution is 2.43. The number of nitrogens with zero attached hydrogens (tertiary/aromatic N) is 2. The van der Waals surface area contributed by atoms with Crippen LogP contribution in [0.15, 0.2) is 4.52 Å². The molecule has 2 heterocycles. The Balaban J connectivity index is 1.97. The molecule has 0 amide bonds. The zero-order valence-corrected chi connectivity index (χ0v) is 7.66. The molecule has 0 radical (unpaired) electrons. The molecule has 13 heavy (non-hydrogen) atoms. The highest BCUT2D eigenvalue weighted by atomic mass is 16.5. The predicted octanol–water partition coefficient (Wildman–Crippen LogP) is 1.30. The normalized spacial score (nSPS) is 27.9. The number of hydrogen-bond donors (Lipinski definition) is 1.